The summed E-state index contributed by atoms with van der Waals surface area (Å²) in [6.07, 6.45) is 6.30. The molecule has 0 N–H and O–H groups in total. The number of rotatable bonds is 6. The Morgan fingerprint density at radius 3 is 2.40 bits per heavy atom. The second-order valence-corrected chi connectivity index (χ2v) is 9.08. The van der Waals surface area contributed by atoms with Gasteiger partial charge in [-0.05, 0) is 37.5 Å². The van der Waals surface area contributed by atoms with Gasteiger partial charge in [0, 0.05) is 31.1 Å². The van der Waals surface area contributed by atoms with E-state index in [1.807, 2.05) is 4.90 Å². The fourth-order valence-corrected chi connectivity index (χ4v) is 4.40. The first-order valence-electron chi connectivity index (χ1n) is 8.49. The number of benzene rings is 1. The average molecular weight is 407 g/mol. The van der Waals surface area contributed by atoms with Gasteiger partial charge < -0.3 is 4.90 Å². The van der Waals surface area contributed by atoms with Gasteiger partial charge in [-0.15, -0.1) is 0 Å². The quantitative estimate of drug-likeness (QED) is 0.718. The van der Waals surface area contributed by atoms with Gasteiger partial charge >= 0.3 is 0 Å². The van der Waals surface area contributed by atoms with Gasteiger partial charge in [0.05, 0.1) is 17.0 Å². The van der Waals surface area contributed by atoms with Crippen molar-refractivity contribution in [1.82, 2.24) is 4.90 Å². The summed E-state index contributed by atoms with van der Waals surface area (Å²) in [6, 6.07) is 4.71. The predicted molar refractivity (Wildman–Crippen MR) is 103 cm³/mol. The zero-order valence-corrected chi connectivity index (χ0v) is 16.7. The SMILES string of the molecule is CS(=O)(=O)N(CCCC(=O)N1CCCCCC1)c1cc(Cl)ccc1Cl. The first kappa shape index (κ1) is 20.3. The summed E-state index contributed by atoms with van der Waals surface area (Å²) in [5.41, 5.74) is 0.346. The molecular weight excluding hydrogens is 383 g/mol. The molecule has 25 heavy (non-hydrogen) atoms. The van der Waals surface area contributed by atoms with Gasteiger partial charge in [-0.3, -0.25) is 9.10 Å². The molecule has 1 aliphatic rings. The topological polar surface area (TPSA) is 57.7 Å². The fraction of sp³-hybridized carbons (Fsp3) is 0.588. The number of hydrogen-bond donors (Lipinski definition) is 0. The minimum Gasteiger partial charge on any atom is -0.343 e. The molecule has 1 amide bonds. The Balaban J connectivity index is 2.01. The van der Waals surface area contributed by atoms with Crippen LogP contribution in [0.4, 0.5) is 5.69 Å². The van der Waals surface area contributed by atoms with Gasteiger partial charge in [-0.1, -0.05) is 36.0 Å². The molecule has 0 aromatic heterocycles. The number of amides is 1. The van der Waals surface area contributed by atoms with E-state index in [1.165, 1.54) is 23.2 Å². The summed E-state index contributed by atoms with van der Waals surface area (Å²) in [7, 11) is -3.52. The highest BCUT2D eigenvalue weighted by Crippen LogP contribution is 2.30. The molecule has 0 spiro atoms. The van der Waals surface area contributed by atoms with Crippen molar-refractivity contribution >= 4 is 44.8 Å². The molecule has 0 aliphatic carbocycles. The number of halogens is 2. The Kier molecular flexibility index (Phi) is 7.40. The highest BCUT2D eigenvalue weighted by molar-refractivity contribution is 7.92. The minimum absolute atomic E-state index is 0.0903. The zero-order chi connectivity index (χ0) is 18.4. The molecule has 0 radical (unpaired) electrons. The summed E-state index contributed by atoms with van der Waals surface area (Å²) in [5.74, 6) is 0.0903. The smallest absolute Gasteiger partial charge is 0.232 e. The predicted octanol–water partition coefficient (Wildman–Crippen LogP) is 3.94. The highest BCUT2D eigenvalue weighted by Gasteiger charge is 2.21. The van der Waals surface area contributed by atoms with E-state index >= 15 is 0 Å². The molecule has 0 atom stereocenters. The normalized spacial score (nSPS) is 15.7. The highest BCUT2D eigenvalue weighted by atomic mass is 35.5. The standard InChI is InChI=1S/C17H24Cl2N2O3S/c1-25(23,24)21(16-13-14(18)8-9-15(16)19)12-6-7-17(22)20-10-4-2-3-5-11-20/h8-9,13H,2-7,10-12H2,1H3. The number of carbonyl (C=O) groups is 1. The van der Waals surface area contributed by atoms with Crippen molar-refractivity contribution in [3.8, 4) is 0 Å². The average Bonchev–Trinajstić information content (AvgIpc) is 2.82. The molecule has 0 bridgehead atoms. The Bertz CT molecular complexity index is 702. The number of nitrogens with zero attached hydrogens (tertiary/aromatic N) is 2. The van der Waals surface area contributed by atoms with Gasteiger partial charge in [-0.25, -0.2) is 8.42 Å². The summed E-state index contributed by atoms with van der Waals surface area (Å²) < 4.78 is 25.5. The van der Waals surface area contributed by atoms with Crippen LogP contribution in [0.15, 0.2) is 18.2 Å². The number of sulfonamides is 1. The number of hydrogen-bond acceptors (Lipinski definition) is 3. The van der Waals surface area contributed by atoms with E-state index in [9.17, 15) is 13.2 Å². The van der Waals surface area contributed by atoms with Crippen LogP contribution in [0, 0.1) is 0 Å². The van der Waals surface area contributed by atoms with Crippen LogP contribution >= 0.6 is 23.2 Å². The Hall–Kier alpha value is -0.980. The Labute approximate surface area is 159 Å². The minimum atomic E-state index is -3.52. The summed E-state index contributed by atoms with van der Waals surface area (Å²) >= 11 is 12.1. The molecule has 0 unspecified atom stereocenters. The van der Waals surface area contributed by atoms with Gasteiger partial charge in [0.1, 0.15) is 0 Å². The number of carbonyl (C=O) groups excluding carboxylic acids is 1. The van der Waals surface area contributed by atoms with Crippen LogP contribution in [-0.2, 0) is 14.8 Å². The number of anilines is 1. The maximum atomic E-state index is 12.4. The first-order valence-corrected chi connectivity index (χ1v) is 11.1. The molecule has 8 heteroatoms. The molecule has 2 rings (SSSR count). The lowest BCUT2D eigenvalue weighted by atomic mass is 10.2. The maximum Gasteiger partial charge on any atom is 0.232 e. The molecule has 0 saturated carbocycles. The zero-order valence-electron chi connectivity index (χ0n) is 14.4. The molecule has 1 saturated heterocycles. The number of likely N-dealkylation sites (tertiary alicyclic amines) is 1. The van der Waals surface area contributed by atoms with Crippen LogP contribution in [0.5, 0.6) is 0 Å². The lowest BCUT2D eigenvalue weighted by Gasteiger charge is -2.25. The molecule has 1 fully saturated rings. The Morgan fingerprint density at radius 1 is 1.16 bits per heavy atom. The molecule has 1 heterocycles. The molecule has 5 nitrogen and oxygen atoms in total. The van der Waals surface area contributed by atoms with Crippen molar-refractivity contribution in [2.24, 2.45) is 0 Å². The van der Waals surface area contributed by atoms with Gasteiger partial charge in [0.15, 0.2) is 0 Å². The van der Waals surface area contributed by atoms with Crippen molar-refractivity contribution in [2.75, 3.05) is 30.2 Å². The van der Waals surface area contributed by atoms with E-state index in [1.54, 1.807) is 12.1 Å². The summed E-state index contributed by atoms with van der Waals surface area (Å²) in [4.78, 5) is 14.2. The van der Waals surface area contributed by atoms with Crippen molar-refractivity contribution < 1.29 is 13.2 Å². The maximum absolute atomic E-state index is 12.4. The van der Waals surface area contributed by atoms with E-state index in [0.29, 0.717) is 28.6 Å². The van der Waals surface area contributed by atoms with Crippen LogP contribution in [-0.4, -0.2) is 45.1 Å². The van der Waals surface area contributed by atoms with Crippen LogP contribution in [0.25, 0.3) is 0 Å². The summed E-state index contributed by atoms with van der Waals surface area (Å²) in [6.45, 7) is 1.79. The van der Waals surface area contributed by atoms with Crippen molar-refractivity contribution in [3.63, 3.8) is 0 Å². The molecular formula is C17H24Cl2N2O3S. The van der Waals surface area contributed by atoms with Gasteiger partial charge in [-0.2, -0.15) is 0 Å². The first-order chi connectivity index (χ1) is 11.8. The third kappa shape index (κ3) is 6.04. The Morgan fingerprint density at radius 2 is 1.80 bits per heavy atom. The van der Waals surface area contributed by atoms with Crippen molar-refractivity contribution in [2.45, 2.75) is 38.5 Å². The van der Waals surface area contributed by atoms with Crippen LogP contribution in [0.2, 0.25) is 10.0 Å². The second-order valence-electron chi connectivity index (χ2n) is 6.33. The van der Waals surface area contributed by atoms with E-state index in [4.69, 9.17) is 23.2 Å². The van der Waals surface area contributed by atoms with Crippen LogP contribution < -0.4 is 4.31 Å². The van der Waals surface area contributed by atoms with Crippen LogP contribution in [0.1, 0.15) is 38.5 Å². The third-order valence-corrected chi connectivity index (χ3v) is 6.02. The monoisotopic (exact) mass is 406 g/mol. The van der Waals surface area contributed by atoms with Gasteiger partial charge in [0.25, 0.3) is 0 Å². The van der Waals surface area contributed by atoms with E-state index in [0.717, 1.165) is 32.2 Å². The van der Waals surface area contributed by atoms with Crippen molar-refractivity contribution in [1.29, 1.82) is 0 Å². The molecule has 1 aromatic rings. The van der Waals surface area contributed by atoms with E-state index < -0.39 is 10.0 Å². The van der Waals surface area contributed by atoms with E-state index in [-0.39, 0.29) is 12.5 Å². The van der Waals surface area contributed by atoms with Crippen LogP contribution in [0.3, 0.4) is 0 Å². The third-order valence-electron chi connectivity index (χ3n) is 4.29. The fourth-order valence-electron chi connectivity index (χ4n) is 2.99. The largest absolute Gasteiger partial charge is 0.343 e. The van der Waals surface area contributed by atoms with E-state index in [2.05, 4.69) is 0 Å². The molecule has 1 aromatic carbocycles. The lowest BCUT2D eigenvalue weighted by molar-refractivity contribution is -0.131. The molecule has 140 valence electrons. The second kappa shape index (κ2) is 9.10. The summed E-state index contributed by atoms with van der Waals surface area (Å²) in [5, 5.41) is 0.724. The van der Waals surface area contributed by atoms with Gasteiger partial charge in [0.2, 0.25) is 15.9 Å². The van der Waals surface area contributed by atoms with Crippen molar-refractivity contribution in [3.05, 3.63) is 28.2 Å². The lowest BCUT2D eigenvalue weighted by Crippen LogP contribution is -2.34. The molecule has 1 aliphatic heterocycles.